The molecule has 1 aliphatic heterocycles. The van der Waals surface area contributed by atoms with E-state index in [0.717, 1.165) is 12.1 Å². The number of likely N-dealkylation sites (N-methyl/N-ethyl adjacent to an activating group) is 1. The smallest absolute Gasteiger partial charge is 0.292 e. The number of rotatable bonds is 4. The molecule has 6 heteroatoms. The number of aryl methyl sites for hydroxylation is 1. The number of nitro groups is 1. The molecule has 1 unspecified atom stereocenters. The van der Waals surface area contributed by atoms with Crippen molar-refractivity contribution >= 4 is 11.4 Å². The Morgan fingerprint density at radius 1 is 1.58 bits per heavy atom. The summed E-state index contributed by atoms with van der Waals surface area (Å²) in [4.78, 5) is 12.9. The van der Waals surface area contributed by atoms with E-state index >= 15 is 0 Å². The molecule has 1 fully saturated rings. The number of ether oxygens (including phenoxy) is 1. The first-order chi connectivity index (χ1) is 9.11. The molecule has 1 aliphatic rings. The van der Waals surface area contributed by atoms with Gasteiger partial charge in [0, 0.05) is 25.7 Å². The number of hydrogen-bond donors (Lipinski definition) is 1. The van der Waals surface area contributed by atoms with E-state index < -0.39 is 0 Å². The van der Waals surface area contributed by atoms with Crippen LogP contribution in [0.1, 0.15) is 5.56 Å². The molecule has 1 N–H and O–H groups in total. The van der Waals surface area contributed by atoms with Crippen molar-refractivity contribution < 1.29 is 9.66 Å². The molecule has 0 spiro atoms. The van der Waals surface area contributed by atoms with Crippen LogP contribution in [0.5, 0.6) is 0 Å². The molecule has 2 rings (SSSR count). The van der Waals surface area contributed by atoms with Crippen LogP contribution in [0.3, 0.4) is 0 Å². The first kappa shape index (κ1) is 13.8. The Balaban J connectivity index is 2.23. The van der Waals surface area contributed by atoms with Crippen LogP contribution in [0.2, 0.25) is 0 Å². The molecule has 0 radical (unpaired) electrons. The van der Waals surface area contributed by atoms with E-state index in [9.17, 15) is 10.1 Å². The predicted molar refractivity (Wildman–Crippen MR) is 73.7 cm³/mol. The summed E-state index contributed by atoms with van der Waals surface area (Å²) < 4.78 is 5.62. The standard InChI is InChI=1S/C13H19N3O3/c1-10-3-4-12(13(7-10)16(17)18)15-5-6-19-11(9-15)8-14-2/h3-4,7,11,14H,5-6,8-9H2,1-2H3. The topological polar surface area (TPSA) is 67.6 Å². The second-order valence-corrected chi connectivity index (χ2v) is 4.75. The number of hydrogen-bond acceptors (Lipinski definition) is 5. The summed E-state index contributed by atoms with van der Waals surface area (Å²) in [5.74, 6) is 0. The van der Waals surface area contributed by atoms with Gasteiger partial charge in [-0.3, -0.25) is 10.1 Å². The fourth-order valence-electron chi connectivity index (χ4n) is 2.34. The van der Waals surface area contributed by atoms with Crippen molar-refractivity contribution in [2.45, 2.75) is 13.0 Å². The minimum absolute atomic E-state index is 0.0691. The molecule has 0 amide bonds. The highest BCUT2D eigenvalue weighted by molar-refractivity contribution is 5.64. The summed E-state index contributed by atoms with van der Waals surface area (Å²) >= 11 is 0. The number of nitrogens with one attached hydrogen (secondary N) is 1. The lowest BCUT2D eigenvalue weighted by Gasteiger charge is -2.34. The Hall–Kier alpha value is -1.66. The Kier molecular flexibility index (Phi) is 4.34. The molecule has 1 atom stereocenters. The maximum atomic E-state index is 11.2. The molecular weight excluding hydrogens is 246 g/mol. The number of benzene rings is 1. The average Bonchev–Trinajstić information content (AvgIpc) is 2.39. The summed E-state index contributed by atoms with van der Waals surface area (Å²) in [6.45, 7) is 4.56. The Labute approximate surface area is 112 Å². The van der Waals surface area contributed by atoms with Crippen molar-refractivity contribution in [3.8, 4) is 0 Å². The maximum Gasteiger partial charge on any atom is 0.292 e. The lowest BCUT2D eigenvalue weighted by molar-refractivity contribution is -0.384. The van der Waals surface area contributed by atoms with Gasteiger partial charge in [-0.15, -0.1) is 0 Å². The zero-order chi connectivity index (χ0) is 13.8. The van der Waals surface area contributed by atoms with Gasteiger partial charge in [0.15, 0.2) is 0 Å². The Bertz CT molecular complexity index is 462. The molecule has 0 aliphatic carbocycles. The van der Waals surface area contributed by atoms with E-state index in [1.54, 1.807) is 6.07 Å². The molecule has 1 heterocycles. The number of morpholine rings is 1. The fraction of sp³-hybridized carbons (Fsp3) is 0.538. The van der Waals surface area contributed by atoms with Crippen molar-refractivity contribution in [1.82, 2.24) is 5.32 Å². The molecule has 1 aromatic carbocycles. The molecular formula is C13H19N3O3. The largest absolute Gasteiger partial charge is 0.373 e. The van der Waals surface area contributed by atoms with E-state index in [0.29, 0.717) is 25.4 Å². The van der Waals surface area contributed by atoms with Crippen molar-refractivity contribution in [3.63, 3.8) is 0 Å². The summed E-state index contributed by atoms with van der Waals surface area (Å²) in [6, 6.07) is 5.36. The fourth-order valence-corrected chi connectivity index (χ4v) is 2.34. The van der Waals surface area contributed by atoms with Crippen molar-refractivity contribution in [1.29, 1.82) is 0 Å². The zero-order valence-corrected chi connectivity index (χ0v) is 11.3. The van der Waals surface area contributed by atoms with Crippen LogP contribution < -0.4 is 10.2 Å². The number of nitro benzene ring substituents is 1. The third kappa shape index (κ3) is 3.21. The Morgan fingerprint density at radius 3 is 3.05 bits per heavy atom. The quantitative estimate of drug-likeness (QED) is 0.657. The van der Waals surface area contributed by atoms with Gasteiger partial charge in [-0.2, -0.15) is 0 Å². The first-order valence-corrected chi connectivity index (χ1v) is 6.38. The average molecular weight is 265 g/mol. The summed E-state index contributed by atoms with van der Waals surface area (Å²) in [6.07, 6.45) is 0.0691. The van der Waals surface area contributed by atoms with Crippen molar-refractivity contribution in [2.24, 2.45) is 0 Å². The second kappa shape index (κ2) is 5.99. The van der Waals surface area contributed by atoms with Gasteiger partial charge in [0.25, 0.3) is 5.69 Å². The predicted octanol–water partition coefficient (Wildman–Crippen LogP) is 1.33. The van der Waals surface area contributed by atoms with Gasteiger partial charge >= 0.3 is 0 Å². The Morgan fingerprint density at radius 2 is 2.37 bits per heavy atom. The lowest BCUT2D eigenvalue weighted by Crippen LogP contribution is -2.46. The van der Waals surface area contributed by atoms with Gasteiger partial charge in [0.2, 0.25) is 0 Å². The number of anilines is 1. The summed E-state index contributed by atoms with van der Waals surface area (Å²) in [5.41, 5.74) is 1.75. The van der Waals surface area contributed by atoms with Crippen molar-refractivity contribution in [3.05, 3.63) is 33.9 Å². The highest BCUT2D eigenvalue weighted by Crippen LogP contribution is 2.30. The van der Waals surface area contributed by atoms with Crippen LogP contribution in [0.4, 0.5) is 11.4 Å². The van der Waals surface area contributed by atoms with E-state index in [2.05, 4.69) is 5.32 Å². The summed E-state index contributed by atoms with van der Waals surface area (Å²) in [5, 5.41) is 14.2. The number of nitrogens with zero attached hydrogens (tertiary/aromatic N) is 2. The van der Waals surface area contributed by atoms with Crippen LogP contribution in [0.25, 0.3) is 0 Å². The lowest BCUT2D eigenvalue weighted by atomic mass is 10.1. The molecule has 0 saturated carbocycles. The van der Waals surface area contributed by atoms with Gasteiger partial charge in [-0.05, 0) is 25.6 Å². The van der Waals surface area contributed by atoms with Crippen LogP contribution in [-0.2, 0) is 4.74 Å². The van der Waals surface area contributed by atoms with Crippen molar-refractivity contribution in [2.75, 3.05) is 38.2 Å². The molecule has 104 valence electrons. The highest BCUT2D eigenvalue weighted by Gasteiger charge is 2.25. The van der Waals surface area contributed by atoms with E-state index in [-0.39, 0.29) is 16.7 Å². The SMILES string of the molecule is CNCC1CN(c2ccc(C)cc2[N+](=O)[O-])CCO1. The molecule has 0 aromatic heterocycles. The third-order valence-electron chi connectivity index (χ3n) is 3.24. The minimum atomic E-state index is -0.315. The van der Waals surface area contributed by atoms with Gasteiger partial charge in [0.05, 0.1) is 17.6 Å². The molecule has 1 saturated heterocycles. The third-order valence-corrected chi connectivity index (χ3v) is 3.24. The van der Waals surface area contributed by atoms with Gasteiger partial charge in [0.1, 0.15) is 5.69 Å². The van der Waals surface area contributed by atoms with Gasteiger partial charge in [-0.25, -0.2) is 0 Å². The monoisotopic (exact) mass is 265 g/mol. The highest BCUT2D eigenvalue weighted by atomic mass is 16.6. The second-order valence-electron chi connectivity index (χ2n) is 4.75. The molecule has 6 nitrogen and oxygen atoms in total. The molecule has 1 aromatic rings. The van der Waals surface area contributed by atoms with Crippen LogP contribution >= 0.6 is 0 Å². The van der Waals surface area contributed by atoms with Crippen LogP contribution in [0.15, 0.2) is 18.2 Å². The van der Waals surface area contributed by atoms with E-state index in [1.807, 2.05) is 31.0 Å². The normalized spacial score (nSPS) is 19.5. The van der Waals surface area contributed by atoms with Crippen LogP contribution in [-0.4, -0.2) is 44.3 Å². The zero-order valence-electron chi connectivity index (χ0n) is 11.3. The minimum Gasteiger partial charge on any atom is -0.373 e. The first-order valence-electron chi connectivity index (χ1n) is 6.38. The van der Waals surface area contributed by atoms with E-state index in [1.165, 1.54) is 0 Å². The summed E-state index contributed by atoms with van der Waals surface area (Å²) in [7, 11) is 1.87. The van der Waals surface area contributed by atoms with Crippen LogP contribution in [0, 0.1) is 17.0 Å². The van der Waals surface area contributed by atoms with Gasteiger partial charge < -0.3 is 15.0 Å². The maximum absolute atomic E-state index is 11.2. The van der Waals surface area contributed by atoms with Gasteiger partial charge in [-0.1, -0.05) is 6.07 Å². The molecule has 0 bridgehead atoms. The molecule has 19 heavy (non-hydrogen) atoms. The van der Waals surface area contributed by atoms with E-state index in [4.69, 9.17) is 4.74 Å².